The molecular formula is C24H21FN2O5S. The molecule has 0 bridgehead atoms. The van der Waals surface area contributed by atoms with Crippen molar-refractivity contribution >= 4 is 28.9 Å². The Bertz CT molecular complexity index is 1200. The Morgan fingerprint density at radius 3 is 2.58 bits per heavy atom. The van der Waals surface area contributed by atoms with Gasteiger partial charge in [0.15, 0.2) is 18.1 Å². The maximum Gasteiger partial charge on any atom is 0.341 e. The molecule has 33 heavy (non-hydrogen) atoms. The molecule has 170 valence electrons. The summed E-state index contributed by atoms with van der Waals surface area (Å²) in [4.78, 5) is 26.2. The average molecular weight is 469 g/mol. The highest BCUT2D eigenvalue weighted by Crippen LogP contribution is 2.37. The zero-order valence-corrected chi connectivity index (χ0v) is 18.8. The molecule has 0 aliphatic carbocycles. The van der Waals surface area contributed by atoms with E-state index < -0.39 is 30.3 Å². The molecule has 0 radical (unpaired) electrons. The quantitative estimate of drug-likeness (QED) is 0.479. The molecule has 1 amide bonds. The molecule has 9 heteroatoms. The highest BCUT2D eigenvalue weighted by Gasteiger charge is 2.34. The monoisotopic (exact) mass is 468 g/mol. The van der Waals surface area contributed by atoms with Gasteiger partial charge in [-0.1, -0.05) is 24.3 Å². The van der Waals surface area contributed by atoms with Gasteiger partial charge in [-0.15, -0.1) is 11.3 Å². The molecule has 1 aliphatic rings. The first-order valence-corrected chi connectivity index (χ1v) is 11.0. The first-order chi connectivity index (χ1) is 16.0. The molecule has 0 saturated heterocycles. The fourth-order valence-corrected chi connectivity index (χ4v) is 4.27. The lowest BCUT2D eigenvalue weighted by Crippen LogP contribution is -2.31. The minimum atomic E-state index is -0.911. The topological polar surface area (TPSA) is 77.4 Å². The van der Waals surface area contributed by atoms with E-state index in [2.05, 4.69) is 5.10 Å². The SMILES string of the molecule is COc1ccc(C2CC(c3cccs3)=NN2C(=O)COC(=O)c2ccccc2F)cc1OC. The van der Waals surface area contributed by atoms with Crippen LogP contribution >= 0.6 is 11.3 Å². The molecule has 0 fully saturated rings. The van der Waals surface area contributed by atoms with Crippen LogP contribution in [-0.2, 0) is 9.53 Å². The van der Waals surface area contributed by atoms with E-state index in [9.17, 15) is 14.0 Å². The molecule has 1 aliphatic heterocycles. The van der Waals surface area contributed by atoms with Gasteiger partial charge in [-0.25, -0.2) is 14.2 Å². The third-order valence-corrected chi connectivity index (χ3v) is 6.10. The predicted molar refractivity (Wildman–Crippen MR) is 121 cm³/mol. The van der Waals surface area contributed by atoms with E-state index >= 15 is 0 Å². The fourth-order valence-electron chi connectivity index (χ4n) is 3.55. The second-order valence-electron chi connectivity index (χ2n) is 7.15. The molecule has 1 unspecified atom stereocenters. The molecular weight excluding hydrogens is 447 g/mol. The van der Waals surface area contributed by atoms with E-state index in [4.69, 9.17) is 14.2 Å². The number of hydrogen-bond donors (Lipinski definition) is 0. The Morgan fingerprint density at radius 2 is 1.88 bits per heavy atom. The van der Waals surface area contributed by atoms with Crippen LogP contribution in [0.4, 0.5) is 4.39 Å². The van der Waals surface area contributed by atoms with Gasteiger partial charge < -0.3 is 14.2 Å². The number of amides is 1. The maximum absolute atomic E-state index is 13.9. The van der Waals surface area contributed by atoms with Gasteiger partial charge in [0, 0.05) is 6.42 Å². The first-order valence-electron chi connectivity index (χ1n) is 10.1. The van der Waals surface area contributed by atoms with Gasteiger partial charge in [-0.3, -0.25) is 4.79 Å². The number of carbonyl (C=O) groups is 2. The molecule has 0 saturated carbocycles. The summed E-state index contributed by atoms with van der Waals surface area (Å²) in [6.07, 6.45) is 0.475. The van der Waals surface area contributed by atoms with E-state index in [1.54, 1.807) is 19.2 Å². The maximum atomic E-state index is 13.9. The molecule has 0 spiro atoms. The van der Waals surface area contributed by atoms with Gasteiger partial charge in [0.2, 0.25) is 0 Å². The van der Waals surface area contributed by atoms with Crippen molar-refractivity contribution in [3.05, 3.63) is 81.8 Å². The first kappa shape index (κ1) is 22.5. The van der Waals surface area contributed by atoms with Crippen LogP contribution < -0.4 is 9.47 Å². The average Bonchev–Trinajstić information content (AvgIpc) is 3.52. The van der Waals surface area contributed by atoms with Crippen LogP contribution in [0, 0.1) is 5.82 Å². The number of methoxy groups -OCH3 is 2. The second kappa shape index (κ2) is 9.83. The van der Waals surface area contributed by atoms with Crippen LogP contribution in [0.15, 0.2) is 65.1 Å². The number of nitrogens with zero attached hydrogens (tertiary/aromatic N) is 2. The van der Waals surface area contributed by atoms with Gasteiger partial charge in [0.05, 0.1) is 36.4 Å². The number of carbonyl (C=O) groups excluding carboxylic acids is 2. The summed E-state index contributed by atoms with van der Waals surface area (Å²) in [5.74, 6) is -1.05. The number of hydrogen-bond acceptors (Lipinski definition) is 7. The lowest BCUT2D eigenvalue weighted by Gasteiger charge is -2.22. The predicted octanol–water partition coefficient (Wildman–Crippen LogP) is 4.44. The Hall–Kier alpha value is -3.72. The third kappa shape index (κ3) is 4.73. The molecule has 1 atom stereocenters. The van der Waals surface area contributed by atoms with Crippen molar-refractivity contribution in [1.29, 1.82) is 0 Å². The minimum Gasteiger partial charge on any atom is -0.493 e. The molecule has 3 aromatic rings. The Kier molecular flexibility index (Phi) is 6.69. The highest BCUT2D eigenvalue weighted by molar-refractivity contribution is 7.12. The van der Waals surface area contributed by atoms with Crippen LogP contribution in [0.2, 0.25) is 0 Å². The summed E-state index contributed by atoms with van der Waals surface area (Å²) in [7, 11) is 3.08. The molecule has 2 heterocycles. The number of halogens is 1. The van der Waals surface area contributed by atoms with Crippen molar-refractivity contribution in [3.8, 4) is 11.5 Å². The lowest BCUT2D eigenvalue weighted by molar-refractivity contribution is -0.136. The van der Waals surface area contributed by atoms with Crippen molar-refractivity contribution in [2.45, 2.75) is 12.5 Å². The van der Waals surface area contributed by atoms with Gasteiger partial charge in [0.25, 0.3) is 5.91 Å². The largest absolute Gasteiger partial charge is 0.493 e. The zero-order valence-electron chi connectivity index (χ0n) is 18.0. The standard InChI is InChI=1S/C24H21FN2O5S/c1-30-20-10-9-15(12-21(20)31-2)19-13-18(22-8-5-11-33-22)26-27(19)23(28)14-32-24(29)16-6-3-4-7-17(16)25/h3-12,19H,13-14H2,1-2H3. The van der Waals surface area contributed by atoms with E-state index in [-0.39, 0.29) is 5.56 Å². The third-order valence-electron chi connectivity index (χ3n) is 5.18. The Balaban J connectivity index is 1.57. The van der Waals surface area contributed by atoms with Gasteiger partial charge >= 0.3 is 5.97 Å². The van der Waals surface area contributed by atoms with E-state index in [1.807, 2.05) is 23.6 Å². The van der Waals surface area contributed by atoms with Crippen LogP contribution in [0.1, 0.15) is 33.3 Å². The smallest absolute Gasteiger partial charge is 0.341 e. The van der Waals surface area contributed by atoms with E-state index in [0.29, 0.717) is 17.9 Å². The van der Waals surface area contributed by atoms with Gasteiger partial charge in [-0.05, 0) is 41.3 Å². The highest BCUT2D eigenvalue weighted by atomic mass is 32.1. The normalized spacial score (nSPS) is 15.2. The van der Waals surface area contributed by atoms with Crippen molar-refractivity contribution in [2.24, 2.45) is 5.10 Å². The summed E-state index contributed by atoms with van der Waals surface area (Å²) in [6, 6.07) is 14.3. The number of hydrazone groups is 1. The number of rotatable bonds is 7. The second-order valence-corrected chi connectivity index (χ2v) is 8.10. The van der Waals surface area contributed by atoms with E-state index in [1.165, 1.54) is 41.7 Å². The van der Waals surface area contributed by atoms with Gasteiger partial charge in [0.1, 0.15) is 5.82 Å². The van der Waals surface area contributed by atoms with E-state index in [0.717, 1.165) is 22.2 Å². The summed E-state index contributed by atoms with van der Waals surface area (Å²) in [6.45, 7) is -0.571. The number of thiophene rings is 1. The van der Waals surface area contributed by atoms with Crippen LogP contribution in [0.3, 0.4) is 0 Å². The van der Waals surface area contributed by atoms with Crippen molar-refractivity contribution < 1.29 is 28.2 Å². The molecule has 0 N–H and O–H groups in total. The van der Waals surface area contributed by atoms with Crippen molar-refractivity contribution in [3.63, 3.8) is 0 Å². The van der Waals surface area contributed by atoms with Gasteiger partial charge in [-0.2, -0.15) is 5.10 Å². The minimum absolute atomic E-state index is 0.231. The van der Waals surface area contributed by atoms with Crippen LogP contribution in [-0.4, -0.2) is 43.4 Å². The molecule has 7 nitrogen and oxygen atoms in total. The summed E-state index contributed by atoms with van der Waals surface area (Å²) in [5, 5.41) is 7.77. The Labute approximate surface area is 194 Å². The number of esters is 1. The van der Waals surface area contributed by atoms with Crippen molar-refractivity contribution in [2.75, 3.05) is 20.8 Å². The van der Waals surface area contributed by atoms with Crippen molar-refractivity contribution in [1.82, 2.24) is 5.01 Å². The summed E-state index contributed by atoms with van der Waals surface area (Å²) < 4.78 is 29.7. The summed E-state index contributed by atoms with van der Waals surface area (Å²) >= 11 is 1.52. The summed E-state index contributed by atoms with van der Waals surface area (Å²) in [5.41, 5.74) is 1.31. The lowest BCUT2D eigenvalue weighted by atomic mass is 10.0. The fraction of sp³-hybridized carbons (Fsp3) is 0.208. The number of ether oxygens (including phenoxy) is 3. The molecule has 4 rings (SSSR count). The molecule has 2 aromatic carbocycles. The molecule has 1 aromatic heterocycles. The number of benzene rings is 2. The van der Waals surface area contributed by atoms with Crippen LogP contribution in [0.25, 0.3) is 0 Å². The Morgan fingerprint density at radius 1 is 1.09 bits per heavy atom. The zero-order chi connectivity index (χ0) is 23.4. The van der Waals surface area contributed by atoms with Crippen LogP contribution in [0.5, 0.6) is 11.5 Å².